The molecule has 12 heterocycles. The SMILES string of the molecule is Cc1cc(Nc2nc(Cc3cc(C)c(C4CCN(S(=O)(=O)c5cccnc5)CC4)cc3F)ncc2Cl)n[nH]1.Cc1cc(Nc2nc(Nc3cc(C)c(C4CCN(C(=O)CCCN5CCCC5)CC4)cc3C)ncc2Cl)n[nH]1.Cc1cc(Nc2nc(Nc3cc(C)c(C4CCN(C(=O)CCN5CCCC5)CC4)cc3C)ncc2Cl)n[nH]1. The first kappa shape index (κ1) is 83.2. The van der Waals surface area contributed by atoms with Crippen molar-refractivity contribution in [1.82, 2.24) is 89.4 Å². The van der Waals surface area contributed by atoms with Crippen LogP contribution in [0.15, 0.2) is 103 Å². The average Bonchev–Trinajstić information content (AvgIpc) is 1.66. The lowest BCUT2D eigenvalue weighted by Gasteiger charge is -2.33. The molecule has 3 aromatic carbocycles. The van der Waals surface area contributed by atoms with Crippen LogP contribution >= 0.6 is 34.8 Å². The molecule has 0 bridgehead atoms. The second-order valence-corrected chi connectivity index (χ2v) is 34.0. The molecule has 15 rings (SSSR count). The molecular weight excluding hydrogens is 1540 g/mol. The average molecular weight is 1640 g/mol. The number of sulfonamides is 1. The van der Waals surface area contributed by atoms with Gasteiger partial charge in [0.15, 0.2) is 34.9 Å². The Labute approximate surface area is 687 Å². The molecule has 0 atom stereocenters. The monoisotopic (exact) mass is 1640 g/mol. The summed E-state index contributed by atoms with van der Waals surface area (Å²) in [6.45, 7) is 27.0. The number of likely N-dealkylation sites (tertiary alicyclic amines) is 4. The minimum absolute atomic E-state index is 0.0683. The van der Waals surface area contributed by atoms with Crippen LogP contribution < -0.4 is 26.6 Å². The van der Waals surface area contributed by atoms with E-state index in [9.17, 15) is 18.0 Å². The molecule has 0 saturated carbocycles. The number of H-pyrrole nitrogens is 3. The Bertz CT molecular complexity index is 5130. The number of piperidine rings is 3. The summed E-state index contributed by atoms with van der Waals surface area (Å²) in [6, 6.07) is 21.0. The topological polar surface area (TPSA) is 321 Å². The number of hydrogen-bond donors (Lipinski definition) is 8. The van der Waals surface area contributed by atoms with Crippen molar-refractivity contribution in [3.05, 3.63) is 192 Å². The fourth-order valence-corrected chi connectivity index (χ4v) is 17.8. The molecule has 0 unspecified atom stereocenters. The summed E-state index contributed by atoms with van der Waals surface area (Å²) >= 11 is 18.9. The zero-order valence-electron chi connectivity index (χ0n) is 66.6. The summed E-state index contributed by atoms with van der Waals surface area (Å²) in [6.07, 6.45) is 20.4. The van der Waals surface area contributed by atoms with Crippen LogP contribution in [0.25, 0.3) is 0 Å². The van der Waals surface area contributed by atoms with Crippen LogP contribution in [0.5, 0.6) is 0 Å². The molecular formula is C83H103Cl3FN23O4S. The highest BCUT2D eigenvalue weighted by Gasteiger charge is 2.33. The molecule has 5 aliphatic rings. The fourth-order valence-electron chi connectivity index (χ4n) is 16.0. The van der Waals surface area contributed by atoms with Gasteiger partial charge in [0.25, 0.3) is 0 Å². The van der Waals surface area contributed by atoms with E-state index in [0.717, 1.165) is 135 Å². The molecule has 115 heavy (non-hydrogen) atoms. The number of aromatic nitrogens is 13. The number of anilines is 10. The van der Waals surface area contributed by atoms with Gasteiger partial charge >= 0.3 is 0 Å². The first-order valence-electron chi connectivity index (χ1n) is 39.8. The van der Waals surface area contributed by atoms with Gasteiger partial charge in [0.05, 0.1) is 18.6 Å². The third-order valence-electron chi connectivity index (χ3n) is 22.3. The predicted molar refractivity (Wildman–Crippen MR) is 451 cm³/mol. The quantitative estimate of drug-likeness (QED) is 0.0279. The molecule has 27 nitrogen and oxygen atoms in total. The number of nitrogens with one attached hydrogen (secondary N) is 8. The number of amides is 2. The molecule has 0 spiro atoms. The maximum Gasteiger partial charge on any atom is 0.244 e. The number of pyridine rings is 1. The van der Waals surface area contributed by atoms with Crippen molar-refractivity contribution in [2.45, 2.75) is 168 Å². The van der Waals surface area contributed by atoms with E-state index in [1.807, 2.05) is 52.0 Å². The van der Waals surface area contributed by atoms with E-state index in [0.29, 0.717) is 136 Å². The van der Waals surface area contributed by atoms with Gasteiger partial charge < -0.3 is 46.2 Å². The standard InChI is InChI=1S/C29H39ClN8O.C28H37ClN8O.C26H27ClFN7O2S/c1-19-16-25(32-29-31-18-24(30)28(34-29)33-26-17-21(3)35-36-26)20(2)15-23(19)22-8-13-38(14-9-22)27(39)7-6-12-37-10-4-5-11-37;1-18-15-24(31-28-30-17-23(29)27(33-28)32-25-16-20(3)34-35-25)19(2)14-22(18)21-6-12-37(13-7-21)26(38)8-11-36-9-4-5-10-36;1-16-10-19(12-24-30-15-22(27)26(31-24)32-25-11-17(2)33-34-25)23(28)13-21(16)18-5-8-35(9-6-18)38(36,37)20-4-3-7-29-14-20/h15-18,22H,4-14H2,1-3H3,(H3,31,32,33,34,35,36);14-17,21H,4-13H2,1-3H3,(H3,30,31,32,33,34,35);3-4,7,10-11,13-15,18H,5-6,8-9,12H2,1-2H3,(H2,30,31,32,33,34). The van der Waals surface area contributed by atoms with Crippen molar-refractivity contribution in [2.75, 3.05) is 105 Å². The third-order valence-corrected chi connectivity index (χ3v) is 25.0. The summed E-state index contributed by atoms with van der Waals surface area (Å²) in [4.78, 5) is 65.3. The number of rotatable bonds is 24. The Balaban J connectivity index is 0.000000150. The maximum absolute atomic E-state index is 15.3. The van der Waals surface area contributed by atoms with Crippen molar-refractivity contribution < 1.29 is 22.4 Å². The van der Waals surface area contributed by atoms with E-state index in [2.05, 4.69) is 164 Å². The second-order valence-electron chi connectivity index (χ2n) is 30.8. The van der Waals surface area contributed by atoms with Gasteiger partial charge in [0, 0.05) is 124 Å². The molecule has 5 saturated heterocycles. The van der Waals surface area contributed by atoms with Crippen LogP contribution in [0.4, 0.5) is 62.6 Å². The minimum Gasteiger partial charge on any atom is -0.343 e. The van der Waals surface area contributed by atoms with Gasteiger partial charge in [-0.25, -0.2) is 32.7 Å². The van der Waals surface area contributed by atoms with Crippen LogP contribution in [-0.2, 0) is 26.0 Å². The van der Waals surface area contributed by atoms with Gasteiger partial charge in [-0.05, 0) is 257 Å². The first-order valence-corrected chi connectivity index (χ1v) is 42.4. The maximum atomic E-state index is 15.3. The molecule has 5 aliphatic heterocycles. The van der Waals surface area contributed by atoms with Crippen LogP contribution in [-0.4, -0.2) is 188 Å². The van der Waals surface area contributed by atoms with Gasteiger partial charge in [-0.2, -0.15) is 29.6 Å². The summed E-state index contributed by atoms with van der Waals surface area (Å²) in [5.74, 6) is 5.85. The van der Waals surface area contributed by atoms with Gasteiger partial charge in [-0.3, -0.25) is 29.9 Å². The highest BCUT2D eigenvalue weighted by molar-refractivity contribution is 7.89. The number of carbonyl (C=O) groups is 2. The summed E-state index contributed by atoms with van der Waals surface area (Å²) in [5.41, 5.74) is 14.5. The molecule has 32 heteroatoms. The Morgan fingerprint density at radius 2 is 0.913 bits per heavy atom. The highest BCUT2D eigenvalue weighted by atomic mass is 35.5. The number of nitrogens with zero attached hydrogens (tertiary/aromatic N) is 15. The summed E-state index contributed by atoms with van der Waals surface area (Å²) in [5, 5.41) is 38.3. The molecule has 5 fully saturated rings. The molecule has 0 aliphatic carbocycles. The lowest BCUT2D eigenvalue weighted by atomic mass is 9.85. The molecule has 7 aromatic heterocycles. The van der Waals surface area contributed by atoms with Gasteiger partial charge in [-0.15, -0.1) is 0 Å². The number of hydrogen-bond acceptors (Lipinski definition) is 21. The van der Waals surface area contributed by atoms with Gasteiger partial charge in [0.2, 0.25) is 33.7 Å². The van der Waals surface area contributed by atoms with Gasteiger partial charge in [-0.1, -0.05) is 53.0 Å². The lowest BCUT2D eigenvalue weighted by molar-refractivity contribution is -0.133. The number of carbonyl (C=O) groups excluding carboxylic acids is 2. The van der Waals surface area contributed by atoms with E-state index in [1.54, 1.807) is 36.8 Å². The number of benzene rings is 3. The normalized spacial score (nSPS) is 16.1. The van der Waals surface area contributed by atoms with Crippen molar-refractivity contribution in [3.8, 4) is 0 Å². The summed E-state index contributed by atoms with van der Waals surface area (Å²) < 4.78 is 42.6. The van der Waals surface area contributed by atoms with Crippen LogP contribution in [0.2, 0.25) is 15.1 Å². The van der Waals surface area contributed by atoms with Crippen molar-refractivity contribution in [2.24, 2.45) is 0 Å². The van der Waals surface area contributed by atoms with E-state index < -0.39 is 10.0 Å². The zero-order valence-corrected chi connectivity index (χ0v) is 69.7. The summed E-state index contributed by atoms with van der Waals surface area (Å²) in [7, 11) is -3.59. The molecule has 10 aromatic rings. The smallest absolute Gasteiger partial charge is 0.244 e. The largest absolute Gasteiger partial charge is 0.343 e. The first-order chi connectivity index (χ1) is 55.4. The Morgan fingerprint density at radius 3 is 1.37 bits per heavy atom. The Kier molecular flexibility index (Phi) is 27.7. The number of aryl methyl sites for hydroxylation is 8. The van der Waals surface area contributed by atoms with Crippen LogP contribution in [0, 0.1) is 61.2 Å². The van der Waals surface area contributed by atoms with E-state index in [-0.39, 0.29) is 23.1 Å². The Hall–Kier alpha value is -9.75. The van der Waals surface area contributed by atoms with Gasteiger partial charge in [0.1, 0.15) is 31.6 Å². The highest BCUT2D eigenvalue weighted by Crippen LogP contribution is 2.39. The second kappa shape index (κ2) is 38.3. The Morgan fingerprint density at radius 1 is 0.487 bits per heavy atom. The third kappa shape index (κ3) is 21.9. The van der Waals surface area contributed by atoms with E-state index in [1.165, 1.54) is 77.7 Å². The van der Waals surface area contributed by atoms with Crippen LogP contribution in [0.1, 0.15) is 174 Å². The molecule has 8 N–H and O–H groups in total. The van der Waals surface area contributed by atoms with E-state index in [4.69, 9.17) is 34.8 Å². The fraction of sp³-hybridized carbons (Fsp3) is 0.446. The lowest BCUT2D eigenvalue weighted by Crippen LogP contribution is -2.39. The van der Waals surface area contributed by atoms with Crippen molar-refractivity contribution >= 4 is 115 Å². The van der Waals surface area contributed by atoms with Crippen molar-refractivity contribution in [1.29, 1.82) is 0 Å². The zero-order chi connectivity index (χ0) is 80.9. The molecule has 0 radical (unpaired) electrons. The molecule has 2 amide bonds. The minimum atomic E-state index is -3.59. The number of aromatic amines is 3. The number of halogens is 4. The van der Waals surface area contributed by atoms with Crippen molar-refractivity contribution in [3.63, 3.8) is 0 Å². The van der Waals surface area contributed by atoms with Crippen LogP contribution in [0.3, 0.4) is 0 Å². The molecule has 608 valence electrons. The van der Waals surface area contributed by atoms with E-state index >= 15 is 4.39 Å². The predicted octanol–water partition coefficient (Wildman–Crippen LogP) is 16.2.